The van der Waals surface area contributed by atoms with Crippen LogP contribution >= 0.6 is 0 Å². The topological polar surface area (TPSA) is 24.5 Å². The number of rotatable bonds is 9. The lowest BCUT2D eigenvalue weighted by Crippen LogP contribution is -2.24. The van der Waals surface area contributed by atoms with Crippen molar-refractivity contribution in [1.29, 1.82) is 0 Å². The van der Waals surface area contributed by atoms with Gasteiger partial charge in [0.05, 0.1) is 6.61 Å². The molecule has 0 aromatic heterocycles. The molecule has 90 valence electrons. The van der Waals surface area contributed by atoms with Crippen molar-refractivity contribution in [2.45, 2.75) is 32.6 Å². The van der Waals surface area contributed by atoms with Crippen LogP contribution in [-0.4, -0.2) is 50.8 Å². The van der Waals surface area contributed by atoms with Crippen LogP contribution in [0, 0.1) is 0 Å². The van der Waals surface area contributed by atoms with Crippen LogP contribution < -0.4 is 5.32 Å². The first-order chi connectivity index (χ1) is 7.43. The van der Waals surface area contributed by atoms with Crippen molar-refractivity contribution >= 4 is 0 Å². The maximum absolute atomic E-state index is 5.61. The second-order valence-corrected chi connectivity index (χ2v) is 4.22. The first kappa shape index (κ1) is 12.9. The number of ether oxygens (including phenoxy) is 1. The number of unbranched alkanes of at least 4 members (excludes halogenated alkanes) is 1. The smallest absolute Gasteiger partial charge is 0.0593 e. The van der Waals surface area contributed by atoms with Gasteiger partial charge in [0.25, 0.3) is 0 Å². The molecule has 0 aromatic carbocycles. The van der Waals surface area contributed by atoms with E-state index in [-0.39, 0.29) is 0 Å². The van der Waals surface area contributed by atoms with Crippen LogP contribution in [0.1, 0.15) is 32.6 Å². The van der Waals surface area contributed by atoms with Gasteiger partial charge in [-0.2, -0.15) is 0 Å². The fraction of sp³-hybridized carbons (Fsp3) is 1.00. The molecule has 1 heterocycles. The summed E-state index contributed by atoms with van der Waals surface area (Å²) in [4.78, 5) is 2.50. The first-order valence-corrected chi connectivity index (χ1v) is 6.44. The molecule has 0 radical (unpaired) electrons. The van der Waals surface area contributed by atoms with Gasteiger partial charge >= 0.3 is 0 Å². The third-order valence-electron chi connectivity index (χ3n) is 2.89. The number of likely N-dealkylation sites (tertiary alicyclic amines) is 1. The summed E-state index contributed by atoms with van der Waals surface area (Å²) in [7, 11) is 0. The predicted molar refractivity (Wildman–Crippen MR) is 64.3 cm³/mol. The Morgan fingerprint density at radius 1 is 1.13 bits per heavy atom. The van der Waals surface area contributed by atoms with Crippen LogP contribution in [0.25, 0.3) is 0 Å². The third-order valence-corrected chi connectivity index (χ3v) is 2.89. The minimum Gasteiger partial charge on any atom is -0.380 e. The highest BCUT2D eigenvalue weighted by Crippen LogP contribution is 2.05. The highest BCUT2D eigenvalue weighted by atomic mass is 16.5. The average Bonchev–Trinajstić information content (AvgIpc) is 2.75. The molecule has 0 saturated carbocycles. The summed E-state index contributed by atoms with van der Waals surface area (Å²) in [5.41, 5.74) is 0. The molecule has 3 nitrogen and oxygen atoms in total. The molecule has 1 N–H and O–H groups in total. The summed E-state index contributed by atoms with van der Waals surface area (Å²) in [6.45, 7) is 9.90. The van der Waals surface area contributed by atoms with Crippen molar-refractivity contribution in [3.63, 3.8) is 0 Å². The van der Waals surface area contributed by atoms with Crippen LogP contribution in [0.4, 0.5) is 0 Å². The van der Waals surface area contributed by atoms with Gasteiger partial charge in [0.2, 0.25) is 0 Å². The van der Waals surface area contributed by atoms with E-state index in [9.17, 15) is 0 Å². The molecule has 1 fully saturated rings. The van der Waals surface area contributed by atoms with Crippen molar-refractivity contribution in [2.75, 3.05) is 45.9 Å². The summed E-state index contributed by atoms with van der Waals surface area (Å²) in [6, 6.07) is 0. The molecule has 1 aliphatic rings. The normalized spacial score (nSPS) is 17.4. The lowest BCUT2D eigenvalue weighted by Gasteiger charge is -2.14. The molecule has 1 rings (SSSR count). The number of nitrogens with one attached hydrogen (secondary N) is 1. The average molecular weight is 214 g/mol. The predicted octanol–water partition coefficient (Wildman–Crippen LogP) is 1.49. The van der Waals surface area contributed by atoms with E-state index in [2.05, 4.69) is 17.1 Å². The molecule has 0 aromatic rings. The monoisotopic (exact) mass is 214 g/mol. The van der Waals surface area contributed by atoms with Gasteiger partial charge < -0.3 is 15.0 Å². The van der Waals surface area contributed by atoms with Crippen molar-refractivity contribution in [3.8, 4) is 0 Å². The van der Waals surface area contributed by atoms with E-state index in [1.165, 1.54) is 38.8 Å². The van der Waals surface area contributed by atoms with E-state index in [0.29, 0.717) is 0 Å². The van der Waals surface area contributed by atoms with E-state index in [0.717, 1.165) is 32.8 Å². The summed E-state index contributed by atoms with van der Waals surface area (Å²) in [5.74, 6) is 0. The quantitative estimate of drug-likeness (QED) is 0.589. The zero-order valence-electron chi connectivity index (χ0n) is 10.1. The van der Waals surface area contributed by atoms with Crippen LogP contribution in [0.15, 0.2) is 0 Å². The lowest BCUT2D eigenvalue weighted by molar-refractivity contribution is 0.108. The fourth-order valence-electron chi connectivity index (χ4n) is 1.93. The Labute approximate surface area is 94.2 Å². The van der Waals surface area contributed by atoms with Gasteiger partial charge in [0, 0.05) is 13.2 Å². The van der Waals surface area contributed by atoms with E-state index in [4.69, 9.17) is 4.74 Å². The molecule has 15 heavy (non-hydrogen) atoms. The zero-order chi connectivity index (χ0) is 10.8. The molecule has 0 bridgehead atoms. The summed E-state index contributed by atoms with van der Waals surface area (Å²) >= 11 is 0. The molecule has 0 spiro atoms. The first-order valence-electron chi connectivity index (χ1n) is 6.44. The minimum atomic E-state index is 0.918. The third kappa shape index (κ3) is 6.88. The molecule has 0 aliphatic carbocycles. The lowest BCUT2D eigenvalue weighted by atomic mass is 10.3. The Morgan fingerprint density at radius 3 is 2.67 bits per heavy atom. The number of nitrogens with zero attached hydrogens (tertiary/aromatic N) is 1. The Balaban J connectivity index is 1.73. The Morgan fingerprint density at radius 2 is 1.93 bits per heavy atom. The highest BCUT2D eigenvalue weighted by molar-refractivity contribution is 4.65. The molecule has 1 aliphatic heterocycles. The van der Waals surface area contributed by atoms with Crippen molar-refractivity contribution < 1.29 is 4.74 Å². The van der Waals surface area contributed by atoms with E-state index in [1.54, 1.807) is 0 Å². The maximum Gasteiger partial charge on any atom is 0.0593 e. The zero-order valence-corrected chi connectivity index (χ0v) is 10.1. The molecular weight excluding hydrogens is 188 g/mol. The Hall–Kier alpha value is -0.120. The van der Waals surface area contributed by atoms with Crippen LogP contribution in [-0.2, 0) is 4.74 Å². The molecule has 3 heteroatoms. The van der Waals surface area contributed by atoms with E-state index >= 15 is 0 Å². The maximum atomic E-state index is 5.61. The largest absolute Gasteiger partial charge is 0.380 e. The van der Waals surface area contributed by atoms with Crippen LogP contribution in [0.2, 0.25) is 0 Å². The van der Waals surface area contributed by atoms with Crippen molar-refractivity contribution in [3.05, 3.63) is 0 Å². The Bertz CT molecular complexity index is 136. The number of hydrogen-bond acceptors (Lipinski definition) is 3. The van der Waals surface area contributed by atoms with Gasteiger partial charge in [-0.15, -0.1) is 0 Å². The van der Waals surface area contributed by atoms with E-state index < -0.39 is 0 Å². The number of hydrogen-bond donors (Lipinski definition) is 1. The van der Waals surface area contributed by atoms with Gasteiger partial charge in [0.15, 0.2) is 0 Å². The standard InChI is InChI=1S/C12H26N2O/c1-2-13-7-3-6-11-15-12-10-14-8-4-5-9-14/h13H,2-12H2,1H3. The molecule has 1 saturated heterocycles. The van der Waals surface area contributed by atoms with Crippen molar-refractivity contribution in [1.82, 2.24) is 10.2 Å². The van der Waals surface area contributed by atoms with Gasteiger partial charge in [0.1, 0.15) is 0 Å². The SMILES string of the molecule is CCNCCCCOCCN1CCCC1. The van der Waals surface area contributed by atoms with Gasteiger partial charge in [-0.25, -0.2) is 0 Å². The highest BCUT2D eigenvalue weighted by Gasteiger charge is 2.09. The van der Waals surface area contributed by atoms with Gasteiger partial charge in [-0.3, -0.25) is 0 Å². The second kappa shape index (κ2) is 9.13. The van der Waals surface area contributed by atoms with Gasteiger partial charge in [-0.05, 0) is 51.9 Å². The fourth-order valence-corrected chi connectivity index (χ4v) is 1.93. The summed E-state index contributed by atoms with van der Waals surface area (Å²) < 4.78 is 5.61. The van der Waals surface area contributed by atoms with Crippen LogP contribution in [0.5, 0.6) is 0 Å². The molecule has 0 unspecified atom stereocenters. The minimum absolute atomic E-state index is 0.918. The van der Waals surface area contributed by atoms with E-state index in [1.807, 2.05) is 0 Å². The Kier molecular flexibility index (Phi) is 7.88. The molecule has 0 atom stereocenters. The summed E-state index contributed by atoms with van der Waals surface area (Å²) in [5, 5.41) is 3.32. The van der Waals surface area contributed by atoms with Gasteiger partial charge in [-0.1, -0.05) is 6.92 Å². The van der Waals surface area contributed by atoms with Crippen molar-refractivity contribution in [2.24, 2.45) is 0 Å². The second-order valence-electron chi connectivity index (χ2n) is 4.22. The summed E-state index contributed by atoms with van der Waals surface area (Å²) in [6.07, 6.45) is 5.18. The molecular formula is C12H26N2O. The molecule has 0 amide bonds. The van der Waals surface area contributed by atoms with Crippen LogP contribution in [0.3, 0.4) is 0 Å².